The van der Waals surface area contributed by atoms with Crippen LogP contribution in [0.2, 0.25) is 0 Å². The topological polar surface area (TPSA) is 118 Å². The van der Waals surface area contributed by atoms with Crippen LogP contribution in [-0.2, 0) is 14.8 Å². The number of nitro groups is 1. The van der Waals surface area contributed by atoms with Crippen molar-refractivity contribution in [3.05, 3.63) is 57.1 Å². The lowest BCUT2D eigenvalue weighted by Gasteiger charge is -2.10. The van der Waals surface area contributed by atoms with Gasteiger partial charge in [-0.2, -0.15) is 0 Å². The number of hydrogen-bond acceptors (Lipinski definition) is 5. The third-order valence-corrected chi connectivity index (χ3v) is 4.93. The highest BCUT2D eigenvalue weighted by atomic mass is 79.9. The van der Waals surface area contributed by atoms with E-state index in [1.165, 1.54) is 49.4 Å². The van der Waals surface area contributed by atoms with Crippen molar-refractivity contribution in [2.24, 2.45) is 0 Å². The molecule has 10 heteroatoms. The van der Waals surface area contributed by atoms with E-state index in [0.717, 1.165) is 0 Å². The van der Waals surface area contributed by atoms with Gasteiger partial charge in [0.05, 0.1) is 15.5 Å². The Hall–Kier alpha value is -2.46. The van der Waals surface area contributed by atoms with E-state index in [-0.39, 0.29) is 26.7 Å². The van der Waals surface area contributed by atoms with E-state index in [9.17, 15) is 23.3 Å². The third-order valence-electron chi connectivity index (χ3n) is 2.89. The standard InChI is InChI=1S/C14H12BrN3O5S/c1-9(19)16-10-2-5-12(6-3-10)24(22,23)17-14-7-4-11(18(20)21)8-13(14)15/h2-8,17H,1H3,(H,16,19). The fourth-order valence-electron chi connectivity index (χ4n) is 1.82. The first-order valence-corrected chi connectivity index (χ1v) is 8.81. The minimum atomic E-state index is -3.88. The number of carbonyl (C=O) groups excluding carboxylic acids is 1. The maximum Gasteiger partial charge on any atom is 0.270 e. The summed E-state index contributed by atoms with van der Waals surface area (Å²) in [4.78, 5) is 21.1. The van der Waals surface area contributed by atoms with Crippen LogP contribution in [-0.4, -0.2) is 19.2 Å². The number of nitrogens with one attached hydrogen (secondary N) is 2. The SMILES string of the molecule is CC(=O)Nc1ccc(S(=O)(=O)Nc2ccc([N+](=O)[O-])cc2Br)cc1. The Morgan fingerprint density at radius 3 is 2.29 bits per heavy atom. The number of rotatable bonds is 5. The lowest BCUT2D eigenvalue weighted by atomic mass is 10.3. The van der Waals surface area contributed by atoms with Crippen molar-refractivity contribution < 1.29 is 18.1 Å². The van der Waals surface area contributed by atoms with Crippen LogP contribution in [0.15, 0.2) is 51.8 Å². The molecule has 8 nitrogen and oxygen atoms in total. The highest BCUT2D eigenvalue weighted by Gasteiger charge is 2.17. The van der Waals surface area contributed by atoms with Gasteiger partial charge in [0.2, 0.25) is 5.91 Å². The molecule has 2 rings (SSSR count). The summed E-state index contributed by atoms with van der Waals surface area (Å²) < 4.78 is 27.3. The Bertz CT molecular complexity index is 897. The molecule has 0 aromatic heterocycles. The van der Waals surface area contributed by atoms with Crippen molar-refractivity contribution in [2.45, 2.75) is 11.8 Å². The first-order chi connectivity index (χ1) is 11.2. The third kappa shape index (κ3) is 4.30. The summed E-state index contributed by atoms with van der Waals surface area (Å²) in [5, 5.41) is 13.2. The zero-order valence-electron chi connectivity index (χ0n) is 12.3. The van der Waals surface area contributed by atoms with Gasteiger partial charge in [-0.25, -0.2) is 8.42 Å². The molecule has 0 saturated carbocycles. The molecule has 0 spiro atoms. The second kappa shape index (κ2) is 6.97. The number of hydrogen-bond donors (Lipinski definition) is 2. The molecule has 0 atom stereocenters. The smallest absolute Gasteiger partial charge is 0.270 e. The first kappa shape index (κ1) is 17.9. The van der Waals surface area contributed by atoms with Crippen LogP contribution in [0.3, 0.4) is 0 Å². The van der Waals surface area contributed by atoms with Crippen molar-refractivity contribution >= 4 is 48.9 Å². The van der Waals surface area contributed by atoms with Crippen LogP contribution >= 0.6 is 15.9 Å². The van der Waals surface area contributed by atoms with Crippen LogP contribution in [0.1, 0.15) is 6.92 Å². The summed E-state index contributed by atoms with van der Waals surface area (Å²) in [7, 11) is -3.88. The molecule has 0 aliphatic heterocycles. The molecule has 1 amide bonds. The van der Waals surface area contributed by atoms with Gasteiger partial charge >= 0.3 is 0 Å². The highest BCUT2D eigenvalue weighted by molar-refractivity contribution is 9.10. The molecule has 0 fully saturated rings. The van der Waals surface area contributed by atoms with Crippen LogP contribution in [0.25, 0.3) is 0 Å². The number of amides is 1. The molecule has 2 aromatic carbocycles. The second-order valence-corrected chi connectivity index (χ2v) is 7.27. The van der Waals surface area contributed by atoms with E-state index in [1.54, 1.807) is 0 Å². The van der Waals surface area contributed by atoms with Gasteiger partial charge in [0.1, 0.15) is 0 Å². The number of nitro benzene ring substituents is 1. The number of benzene rings is 2. The average Bonchev–Trinajstić information content (AvgIpc) is 2.49. The lowest BCUT2D eigenvalue weighted by molar-refractivity contribution is -0.384. The zero-order valence-corrected chi connectivity index (χ0v) is 14.7. The molecule has 0 aliphatic carbocycles. The minimum absolute atomic E-state index is 0.0122. The summed E-state index contributed by atoms with van der Waals surface area (Å²) in [6.07, 6.45) is 0. The van der Waals surface area contributed by atoms with Crippen molar-refractivity contribution in [3.8, 4) is 0 Å². The van der Waals surface area contributed by atoms with E-state index >= 15 is 0 Å². The zero-order chi connectivity index (χ0) is 17.9. The fraction of sp³-hybridized carbons (Fsp3) is 0.0714. The Morgan fingerprint density at radius 2 is 1.79 bits per heavy atom. The number of non-ortho nitro benzene ring substituents is 1. The van der Waals surface area contributed by atoms with Crippen molar-refractivity contribution in [1.29, 1.82) is 0 Å². The average molecular weight is 414 g/mol. The van der Waals surface area contributed by atoms with Crippen molar-refractivity contribution in [1.82, 2.24) is 0 Å². The highest BCUT2D eigenvalue weighted by Crippen LogP contribution is 2.29. The summed E-state index contributed by atoms with van der Waals surface area (Å²) in [6, 6.07) is 9.30. The molecular weight excluding hydrogens is 402 g/mol. The maximum atomic E-state index is 12.4. The van der Waals surface area contributed by atoms with E-state index in [2.05, 4.69) is 26.0 Å². The Labute approximate surface area is 146 Å². The summed E-state index contributed by atoms with van der Waals surface area (Å²) in [5.74, 6) is -0.265. The molecule has 2 N–H and O–H groups in total. The molecule has 0 aliphatic rings. The second-order valence-electron chi connectivity index (χ2n) is 4.73. The van der Waals surface area contributed by atoms with Crippen molar-refractivity contribution in [3.63, 3.8) is 0 Å². The number of nitrogens with zero attached hydrogens (tertiary/aromatic N) is 1. The van der Waals surface area contributed by atoms with E-state index in [0.29, 0.717) is 5.69 Å². The van der Waals surface area contributed by atoms with Gasteiger partial charge in [-0.15, -0.1) is 0 Å². The van der Waals surface area contributed by atoms with Crippen molar-refractivity contribution in [2.75, 3.05) is 10.0 Å². The van der Waals surface area contributed by atoms with Gasteiger partial charge in [0.25, 0.3) is 15.7 Å². The van der Waals surface area contributed by atoms with Crippen LogP contribution in [0.5, 0.6) is 0 Å². The summed E-state index contributed by atoms with van der Waals surface area (Å²) >= 11 is 3.10. The van der Waals surface area contributed by atoms with Gasteiger partial charge < -0.3 is 5.32 Å². The molecule has 0 bridgehead atoms. The number of carbonyl (C=O) groups is 1. The van der Waals surface area contributed by atoms with Gasteiger partial charge in [0, 0.05) is 29.2 Å². The van der Waals surface area contributed by atoms with Crippen LogP contribution in [0, 0.1) is 10.1 Å². The number of halogens is 1. The number of sulfonamides is 1. The lowest BCUT2D eigenvalue weighted by Crippen LogP contribution is -2.13. The molecule has 0 radical (unpaired) electrons. The van der Waals surface area contributed by atoms with Crippen LogP contribution in [0.4, 0.5) is 17.1 Å². The van der Waals surface area contributed by atoms with Gasteiger partial charge in [0.15, 0.2) is 0 Å². The molecular formula is C14H12BrN3O5S. The predicted molar refractivity (Wildman–Crippen MR) is 92.4 cm³/mol. The van der Waals surface area contributed by atoms with Gasteiger partial charge in [-0.3, -0.25) is 19.6 Å². The fourth-order valence-corrected chi connectivity index (χ4v) is 3.50. The maximum absolute atomic E-state index is 12.4. The largest absolute Gasteiger partial charge is 0.326 e. The van der Waals surface area contributed by atoms with E-state index < -0.39 is 14.9 Å². The monoisotopic (exact) mass is 413 g/mol. The molecule has 126 valence electrons. The molecule has 0 unspecified atom stereocenters. The van der Waals surface area contributed by atoms with Gasteiger partial charge in [-0.1, -0.05) is 0 Å². The summed E-state index contributed by atoms with van der Waals surface area (Å²) in [5.41, 5.74) is 0.481. The molecule has 2 aromatic rings. The Morgan fingerprint density at radius 1 is 1.17 bits per heavy atom. The molecule has 0 heterocycles. The Kier molecular flexibility index (Phi) is 5.20. The van der Waals surface area contributed by atoms with Crippen LogP contribution < -0.4 is 10.0 Å². The van der Waals surface area contributed by atoms with E-state index in [4.69, 9.17) is 0 Å². The number of anilines is 2. The quantitative estimate of drug-likeness (QED) is 0.576. The molecule has 0 saturated heterocycles. The molecule has 24 heavy (non-hydrogen) atoms. The predicted octanol–water partition coefficient (Wildman–Crippen LogP) is 3.12. The minimum Gasteiger partial charge on any atom is -0.326 e. The summed E-state index contributed by atoms with van der Waals surface area (Å²) in [6.45, 7) is 1.35. The van der Waals surface area contributed by atoms with E-state index in [1.807, 2.05) is 0 Å². The first-order valence-electron chi connectivity index (χ1n) is 6.53. The Balaban J connectivity index is 2.25. The van der Waals surface area contributed by atoms with Gasteiger partial charge in [-0.05, 0) is 46.3 Å². The normalized spacial score (nSPS) is 10.9.